The molecule has 1 aliphatic rings. The Bertz CT molecular complexity index is 811. The largest absolute Gasteiger partial charge is 0.376 e. The number of imide groups is 1. The third kappa shape index (κ3) is 2.96. The van der Waals surface area contributed by atoms with Gasteiger partial charge in [0.2, 0.25) is 5.91 Å². The molecular weight excluding hydrogens is 320 g/mol. The van der Waals surface area contributed by atoms with Gasteiger partial charge in [0.05, 0.1) is 23.0 Å². The summed E-state index contributed by atoms with van der Waals surface area (Å²) in [4.78, 5) is 44.3. The zero-order valence-corrected chi connectivity index (χ0v) is 14.2. The fraction of sp³-hybridized carbons (Fsp3) is 0.222. The van der Waals surface area contributed by atoms with Crippen LogP contribution in [0.2, 0.25) is 0 Å². The quantitative estimate of drug-likeness (QED) is 0.859. The summed E-state index contributed by atoms with van der Waals surface area (Å²) in [5.74, 6) is -1.03. The number of hydrogen-bond acceptors (Lipinski definition) is 5. The van der Waals surface area contributed by atoms with E-state index in [4.69, 9.17) is 0 Å². The standard InChI is InChI=1S/C18H18N4O3/c1-11(16(23)20-15-9-8-12(10-19-15)21(2)3)22-17(24)13-6-4-5-7-14(13)18(22)25/h4-11H,1-3H3,(H,19,20,23). The molecule has 1 atom stereocenters. The number of hydrogen-bond donors (Lipinski definition) is 1. The van der Waals surface area contributed by atoms with Crippen LogP contribution < -0.4 is 10.2 Å². The molecule has 25 heavy (non-hydrogen) atoms. The van der Waals surface area contributed by atoms with Crippen LogP contribution in [0.4, 0.5) is 11.5 Å². The van der Waals surface area contributed by atoms with Gasteiger partial charge in [0.1, 0.15) is 11.9 Å². The maximum absolute atomic E-state index is 12.5. The summed E-state index contributed by atoms with van der Waals surface area (Å²) in [6, 6.07) is 9.09. The van der Waals surface area contributed by atoms with E-state index < -0.39 is 23.8 Å². The van der Waals surface area contributed by atoms with Crippen molar-refractivity contribution in [3.8, 4) is 0 Å². The minimum atomic E-state index is -0.942. The third-order valence-corrected chi connectivity index (χ3v) is 4.11. The number of pyridine rings is 1. The number of benzene rings is 1. The summed E-state index contributed by atoms with van der Waals surface area (Å²) >= 11 is 0. The number of carbonyl (C=O) groups is 3. The van der Waals surface area contributed by atoms with E-state index in [-0.39, 0.29) is 0 Å². The first-order valence-electron chi connectivity index (χ1n) is 7.81. The highest BCUT2D eigenvalue weighted by atomic mass is 16.2. The van der Waals surface area contributed by atoms with Crippen LogP contribution in [0.15, 0.2) is 42.6 Å². The van der Waals surface area contributed by atoms with Crippen molar-refractivity contribution in [3.05, 3.63) is 53.7 Å². The van der Waals surface area contributed by atoms with Crippen molar-refractivity contribution in [2.24, 2.45) is 0 Å². The molecule has 0 radical (unpaired) electrons. The second-order valence-electron chi connectivity index (χ2n) is 5.99. The summed E-state index contributed by atoms with van der Waals surface area (Å²) < 4.78 is 0. The lowest BCUT2D eigenvalue weighted by molar-refractivity contribution is -0.119. The predicted octanol–water partition coefficient (Wildman–Crippen LogP) is 1.77. The Kier molecular flexibility index (Phi) is 4.22. The summed E-state index contributed by atoms with van der Waals surface area (Å²) in [6.45, 7) is 1.52. The van der Waals surface area contributed by atoms with E-state index in [9.17, 15) is 14.4 Å². The fourth-order valence-electron chi connectivity index (χ4n) is 2.63. The normalized spacial score (nSPS) is 14.3. The lowest BCUT2D eigenvalue weighted by Crippen LogP contribution is -2.45. The van der Waals surface area contributed by atoms with Crippen molar-refractivity contribution in [1.29, 1.82) is 0 Å². The van der Waals surface area contributed by atoms with Crippen LogP contribution in [-0.2, 0) is 4.79 Å². The van der Waals surface area contributed by atoms with E-state index in [0.29, 0.717) is 16.9 Å². The SMILES string of the molecule is CC(C(=O)Nc1ccc(N(C)C)cn1)N1C(=O)c2ccccc2C1=O. The minimum absolute atomic E-state index is 0.320. The molecule has 128 valence electrons. The van der Waals surface area contributed by atoms with Gasteiger partial charge < -0.3 is 10.2 Å². The lowest BCUT2D eigenvalue weighted by atomic mass is 10.1. The van der Waals surface area contributed by atoms with Gasteiger partial charge in [-0.05, 0) is 31.2 Å². The zero-order valence-electron chi connectivity index (χ0n) is 14.2. The number of anilines is 2. The zero-order chi connectivity index (χ0) is 18.1. The molecule has 0 fully saturated rings. The van der Waals surface area contributed by atoms with Crippen molar-refractivity contribution in [3.63, 3.8) is 0 Å². The second kappa shape index (κ2) is 6.35. The summed E-state index contributed by atoms with van der Waals surface area (Å²) in [7, 11) is 3.78. The Morgan fingerprint density at radius 1 is 1.08 bits per heavy atom. The van der Waals surface area contributed by atoms with Crippen molar-refractivity contribution >= 4 is 29.2 Å². The average molecular weight is 338 g/mol. The number of fused-ring (bicyclic) bond motifs is 1. The topological polar surface area (TPSA) is 82.6 Å². The molecule has 2 aromatic rings. The molecular formula is C18H18N4O3. The highest BCUT2D eigenvalue weighted by molar-refractivity contribution is 6.23. The minimum Gasteiger partial charge on any atom is -0.376 e. The van der Waals surface area contributed by atoms with Crippen LogP contribution in [0, 0.1) is 0 Å². The second-order valence-corrected chi connectivity index (χ2v) is 5.99. The molecule has 1 aromatic carbocycles. The van der Waals surface area contributed by atoms with Crippen LogP contribution in [0.3, 0.4) is 0 Å². The van der Waals surface area contributed by atoms with Crippen LogP contribution in [-0.4, -0.2) is 47.7 Å². The molecule has 1 N–H and O–H groups in total. The molecule has 2 heterocycles. The van der Waals surface area contributed by atoms with Gasteiger partial charge in [-0.2, -0.15) is 0 Å². The molecule has 3 amide bonds. The number of carbonyl (C=O) groups excluding carboxylic acids is 3. The van der Waals surface area contributed by atoms with Crippen molar-refractivity contribution < 1.29 is 14.4 Å². The Morgan fingerprint density at radius 3 is 2.16 bits per heavy atom. The number of amides is 3. The monoisotopic (exact) mass is 338 g/mol. The van der Waals surface area contributed by atoms with Crippen LogP contribution in [0.5, 0.6) is 0 Å². The number of nitrogens with zero attached hydrogens (tertiary/aromatic N) is 3. The van der Waals surface area contributed by atoms with E-state index in [0.717, 1.165) is 10.6 Å². The molecule has 0 spiro atoms. The highest BCUT2D eigenvalue weighted by Gasteiger charge is 2.40. The lowest BCUT2D eigenvalue weighted by Gasteiger charge is -2.21. The van der Waals surface area contributed by atoms with Gasteiger partial charge >= 0.3 is 0 Å². The average Bonchev–Trinajstić information content (AvgIpc) is 2.86. The van der Waals surface area contributed by atoms with Gasteiger partial charge in [-0.1, -0.05) is 12.1 Å². The molecule has 1 aromatic heterocycles. The maximum atomic E-state index is 12.5. The molecule has 7 heteroatoms. The molecule has 3 rings (SSSR count). The first-order chi connectivity index (χ1) is 11.9. The smallest absolute Gasteiger partial charge is 0.262 e. The third-order valence-electron chi connectivity index (χ3n) is 4.11. The molecule has 0 bridgehead atoms. The van der Waals surface area contributed by atoms with E-state index in [2.05, 4.69) is 10.3 Å². The van der Waals surface area contributed by atoms with Crippen LogP contribution in [0.1, 0.15) is 27.6 Å². The summed E-state index contributed by atoms with van der Waals surface area (Å²) in [6.07, 6.45) is 1.63. The van der Waals surface area contributed by atoms with Crippen molar-refractivity contribution in [2.75, 3.05) is 24.3 Å². The van der Waals surface area contributed by atoms with Crippen molar-refractivity contribution in [1.82, 2.24) is 9.88 Å². The van der Waals surface area contributed by atoms with Gasteiger partial charge in [-0.25, -0.2) is 4.98 Å². The highest BCUT2D eigenvalue weighted by Crippen LogP contribution is 2.24. The molecule has 0 aliphatic carbocycles. The number of nitrogens with one attached hydrogen (secondary N) is 1. The number of rotatable bonds is 4. The number of aromatic nitrogens is 1. The Morgan fingerprint density at radius 2 is 1.68 bits per heavy atom. The molecule has 1 aliphatic heterocycles. The maximum Gasteiger partial charge on any atom is 0.262 e. The van der Waals surface area contributed by atoms with E-state index in [1.807, 2.05) is 25.1 Å². The Hall–Kier alpha value is -3.22. The summed E-state index contributed by atoms with van der Waals surface area (Å²) in [5.41, 5.74) is 1.53. The first-order valence-corrected chi connectivity index (χ1v) is 7.81. The van der Waals surface area contributed by atoms with Gasteiger partial charge in [0.15, 0.2) is 0 Å². The van der Waals surface area contributed by atoms with Gasteiger partial charge in [-0.3, -0.25) is 19.3 Å². The van der Waals surface area contributed by atoms with Crippen molar-refractivity contribution in [2.45, 2.75) is 13.0 Å². The molecule has 0 saturated carbocycles. The van der Waals surface area contributed by atoms with E-state index in [1.165, 1.54) is 6.92 Å². The van der Waals surface area contributed by atoms with Gasteiger partial charge in [0, 0.05) is 14.1 Å². The van der Waals surface area contributed by atoms with E-state index >= 15 is 0 Å². The van der Waals surface area contributed by atoms with Crippen LogP contribution in [0.25, 0.3) is 0 Å². The van der Waals surface area contributed by atoms with Gasteiger partial charge in [-0.15, -0.1) is 0 Å². The van der Waals surface area contributed by atoms with E-state index in [1.54, 1.807) is 36.5 Å². The fourth-order valence-corrected chi connectivity index (χ4v) is 2.63. The Labute approximate surface area is 145 Å². The molecule has 1 unspecified atom stereocenters. The predicted molar refractivity (Wildman–Crippen MR) is 93.6 cm³/mol. The molecule has 7 nitrogen and oxygen atoms in total. The van der Waals surface area contributed by atoms with Crippen LogP contribution >= 0.6 is 0 Å². The Balaban J connectivity index is 1.75. The first kappa shape index (κ1) is 16.6. The summed E-state index contributed by atoms with van der Waals surface area (Å²) in [5, 5.41) is 2.64. The molecule has 0 saturated heterocycles. The van der Waals surface area contributed by atoms with Gasteiger partial charge in [0.25, 0.3) is 11.8 Å².